The van der Waals surface area contributed by atoms with Gasteiger partial charge in [0, 0.05) is 12.6 Å². The molecule has 0 spiro atoms. The molecule has 0 aliphatic heterocycles. The highest BCUT2D eigenvalue weighted by molar-refractivity contribution is 5.81. The molecule has 20 heavy (non-hydrogen) atoms. The zero-order valence-corrected chi connectivity index (χ0v) is 11.2. The molecule has 0 fully saturated rings. The Morgan fingerprint density at radius 3 is 2.50 bits per heavy atom. The SMILES string of the molecule is COc1ccc(CCCNC(=O)C(F)(F)F)c(OC)c1. The van der Waals surface area contributed by atoms with Crippen molar-refractivity contribution in [2.45, 2.75) is 19.0 Å². The predicted molar refractivity (Wildman–Crippen MR) is 66.9 cm³/mol. The van der Waals surface area contributed by atoms with Crippen molar-refractivity contribution in [3.05, 3.63) is 23.8 Å². The molecule has 0 aliphatic rings. The van der Waals surface area contributed by atoms with E-state index in [0.29, 0.717) is 24.3 Å². The monoisotopic (exact) mass is 291 g/mol. The van der Waals surface area contributed by atoms with Gasteiger partial charge in [-0.2, -0.15) is 13.2 Å². The fraction of sp³-hybridized carbons (Fsp3) is 0.462. The van der Waals surface area contributed by atoms with Crippen LogP contribution in [0.25, 0.3) is 0 Å². The summed E-state index contributed by atoms with van der Waals surface area (Å²) in [5.74, 6) is -0.679. The number of benzene rings is 1. The second-order valence-electron chi connectivity index (χ2n) is 4.03. The number of carbonyl (C=O) groups excluding carboxylic acids is 1. The second-order valence-corrected chi connectivity index (χ2v) is 4.03. The normalized spacial score (nSPS) is 11.1. The quantitative estimate of drug-likeness (QED) is 0.818. The van der Waals surface area contributed by atoms with Crippen molar-refractivity contribution < 1.29 is 27.4 Å². The topological polar surface area (TPSA) is 47.6 Å². The lowest BCUT2D eigenvalue weighted by Gasteiger charge is -2.11. The highest BCUT2D eigenvalue weighted by Crippen LogP contribution is 2.25. The van der Waals surface area contributed by atoms with Crippen molar-refractivity contribution in [2.24, 2.45) is 0 Å². The Balaban J connectivity index is 2.48. The van der Waals surface area contributed by atoms with Crippen molar-refractivity contribution in [2.75, 3.05) is 20.8 Å². The zero-order chi connectivity index (χ0) is 15.2. The molecular formula is C13H16F3NO3. The minimum atomic E-state index is -4.84. The average Bonchev–Trinajstić information content (AvgIpc) is 2.42. The van der Waals surface area contributed by atoms with E-state index >= 15 is 0 Å². The molecule has 0 heterocycles. The van der Waals surface area contributed by atoms with Crippen LogP contribution in [0.3, 0.4) is 0 Å². The lowest BCUT2D eigenvalue weighted by Crippen LogP contribution is -2.37. The van der Waals surface area contributed by atoms with Gasteiger partial charge in [-0.25, -0.2) is 0 Å². The van der Waals surface area contributed by atoms with Gasteiger partial charge in [-0.1, -0.05) is 6.07 Å². The molecule has 0 aliphatic carbocycles. The number of methoxy groups -OCH3 is 2. The number of alkyl halides is 3. The van der Waals surface area contributed by atoms with Crippen LogP contribution in [0.5, 0.6) is 11.5 Å². The van der Waals surface area contributed by atoms with E-state index in [-0.39, 0.29) is 6.54 Å². The third kappa shape index (κ3) is 4.64. The maximum Gasteiger partial charge on any atom is 0.471 e. The molecule has 4 nitrogen and oxygen atoms in total. The summed E-state index contributed by atoms with van der Waals surface area (Å²) in [7, 11) is 3.03. The first-order valence-corrected chi connectivity index (χ1v) is 5.94. The van der Waals surface area contributed by atoms with Gasteiger partial charge in [-0.05, 0) is 24.5 Å². The third-order valence-corrected chi connectivity index (χ3v) is 2.66. The molecule has 7 heteroatoms. The maximum atomic E-state index is 12.0. The van der Waals surface area contributed by atoms with E-state index in [2.05, 4.69) is 0 Å². The summed E-state index contributed by atoms with van der Waals surface area (Å²) in [6.45, 7) is -0.0481. The largest absolute Gasteiger partial charge is 0.497 e. The predicted octanol–water partition coefficient (Wildman–Crippen LogP) is 2.31. The third-order valence-electron chi connectivity index (χ3n) is 2.66. The van der Waals surface area contributed by atoms with Gasteiger partial charge in [0.1, 0.15) is 11.5 Å². The second kappa shape index (κ2) is 7.02. The number of hydrogen-bond acceptors (Lipinski definition) is 3. The van der Waals surface area contributed by atoms with Crippen LogP contribution in [0.1, 0.15) is 12.0 Å². The van der Waals surface area contributed by atoms with Crippen molar-refractivity contribution in [3.63, 3.8) is 0 Å². The number of halogens is 3. The van der Waals surface area contributed by atoms with Crippen molar-refractivity contribution in [3.8, 4) is 11.5 Å². The number of amides is 1. The number of carbonyl (C=O) groups is 1. The lowest BCUT2D eigenvalue weighted by molar-refractivity contribution is -0.173. The number of aryl methyl sites for hydroxylation is 1. The lowest BCUT2D eigenvalue weighted by atomic mass is 10.1. The highest BCUT2D eigenvalue weighted by Gasteiger charge is 2.38. The van der Waals surface area contributed by atoms with E-state index in [0.717, 1.165) is 5.56 Å². The molecule has 1 aromatic carbocycles. The first-order chi connectivity index (χ1) is 9.38. The fourth-order valence-corrected chi connectivity index (χ4v) is 1.64. The molecule has 0 atom stereocenters. The molecule has 1 aromatic rings. The molecule has 0 saturated heterocycles. The standard InChI is InChI=1S/C13H16F3NO3/c1-19-10-6-5-9(11(8-10)20-2)4-3-7-17-12(18)13(14,15)16/h5-6,8H,3-4,7H2,1-2H3,(H,17,18). The van der Waals surface area contributed by atoms with E-state index in [9.17, 15) is 18.0 Å². The van der Waals surface area contributed by atoms with Gasteiger partial charge in [-0.15, -0.1) is 0 Å². The summed E-state index contributed by atoms with van der Waals surface area (Å²) >= 11 is 0. The fourth-order valence-electron chi connectivity index (χ4n) is 1.64. The van der Waals surface area contributed by atoms with Gasteiger partial charge < -0.3 is 14.8 Å². The summed E-state index contributed by atoms with van der Waals surface area (Å²) in [6.07, 6.45) is -3.96. The number of hydrogen-bond donors (Lipinski definition) is 1. The van der Waals surface area contributed by atoms with Gasteiger partial charge in [0.2, 0.25) is 0 Å². The molecule has 1 rings (SSSR count). The Kier molecular flexibility index (Phi) is 5.66. The summed E-state index contributed by atoms with van der Waals surface area (Å²) in [6, 6.07) is 5.22. The van der Waals surface area contributed by atoms with Crippen molar-refractivity contribution in [1.29, 1.82) is 0 Å². The number of rotatable bonds is 6. The van der Waals surface area contributed by atoms with E-state index < -0.39 is 12.1 Å². The van der Waals surface area contributed by atoms with Gasteiger partial charge in [0.25, 0.3) is 0 Å². The molecule has 112 valence electrons. The molecule has 0 bridgehead atoms. The van der Waals surface area contributed by atoms with Crippen LogP contribution in [0.15, 0.2) is 18.2 Å². The van der Waals surface area contributed by atoms with Crippen LogP contribution < -0.4 is 14.8 Å². The summed E-state index contributed by atoms with van der Waals surface area (Å²) in [4.78, 5) is 10.6. The minimum Gasteiger partial charge on any atom is -0.497 e. The van der Waals surface area contributed by atoms with Crippen LogP contribution in [-0.2, 0) is 11.2 Å². The van der Waals surface area contributed by atoms with Gasteiger partial charge >= 0.3 is 12.1 Å². The molecule has 0 aromatic heterocycles. The van der Waals surface area contributed by atoms with E-state index in [1.807, 2.05) is 5.32 Å². The van der Waals surface area contributed by atoms with Gasteiger partial charge in [0.15, 0.2) is 0 Å². The molecule has 1 N–H and O–H groups in total. The first kappa shape index (κ1) is 16.1. The maximum absolute atomic E-state index is 12.0. The summed E-state index contributed by atoms with van der Waals surface area (Å²) < 4.78 is 46.1. The van der Waals surface area contributed by atoms with E-state index in [4.69, 9.17) is 9.47 Å². The minimum absolute atomic E-state index is 0.0481. The molecular weight excluding hydrogens is 275 g/mol. The molecule has 0 unspecified atom stereocenters. The Morgan fingerprint density at radius 2 is 1.95 bits per heavy atom. The smallest absolute Gasteiger partial charge is 0.471 e. The number of nitrogens with one attached hydrogen (secondary N) is 1. The Morgan fingerprint density at radius 1 is 1.25 bits per heavy atom. The first-order valence-electron chi connectivity index (χ1n) is 5.94. The average molecular weight is 291 g/mol. The van der Waals surface area contributed by atoms with Crippen LogP contribution in [-0.4, -0.2) is 32.8 Å². The number of ether oxygens (including phenoxy) is 2. The molecule has 0 radical (unpaired) electrons. The van der Waals surface area contributed by atoms with Gasteiger partial charge in [0.05, 0.1) is 14.2 Å². The van der Waals surface area contributed by atoms with Crippen molar-refractivity contribution in [1.82, 2.24) is 5.32 Å². The Hall–Kier alpha value is -1.92. The Bertz CT molecular complexity index is 461. The molecule has 1 amide bonds. The van der Waals surface area contributed by atoms with Crippen LogP contribution in [0.2, 0.25) is 0 Å². The summed E-state index contributed by atoms with van der Waals surface area (Å²) in [5, 5.41) is 1.82. The van der Waals surface area contributed by atoms with E-state index in [1.54, 1.807) is 18.2 Å². The zero-order valence-electron chi connectivity index (χ0n) is 11.2. The van der Waals surface area contributed by atoms with Crippen LogP contribution >= 0.6 is 0 Å². The summed E-state index contributed by atoms with van der Waals surface area (Å²) in [5.41, 5.74) is 0.842. The molecule has 0 saturated carbocycles. The highest BCUT2D eigenvalue weighted by atomic mass is 19.4. The van der Waals surface area contributed by atoms with E-state index in [1.165, 1.54) is 14.2 Å². The van der Waals surface area contributed by atoms with Crippen LogP contribution in [0.4, 0.5) is 13.2 Å². The Labute approximate surface area is 114 Å². The van der Waals surface area contributed by atoms with Crippen LogP contribution in [0, 0.1) is 0 Å². The van der Waals surface area contributed by atoms with Crippen molar-refractivity contribution >= 4 is 5.91 Å². The van der Waals surface area contributed by atoms with Gasteiger partial charge in [-0.3, -0.25) is 4.79 Å².